The predicted octanol–water partition coefficient (Wildman–Crippen LogP) is 0.455. The van der Waals surface area contributed by atoms with Crippen LogP contribution in [0.15, 0.2) is 36.4 Å². The van der Waals surface area contributed by atoms with Crippen molar-refractivity contribution in [2.45, 2.75) is 6.17 Å². The van der Waals surface area contributed by atoms with Gasteiger partial charge >= 0.3 is 6.03 Å². The van der Waals surface area contributed by atoms with Gasteiger partial charge in [0, 0.05) is 6.54 Å². The highest BCUT2D eigenvalue weighted by molar-refractivity contribution is 6.03. The molecule has 1 atom stereocenters. The molecule has 5 heteroatoms. The Morgan fingerprint density at radius 2 is 2.00 bits per heavy atom. The van der Waals surface area contributed by atoms with Crippen molar-refractivity contribution < 1.29 is 9.59 Å². The Hall–Kier alpha value is -2.14. The molecule has 1 fully saturated rings. The standard InChI is InChI=1S/C12H13N3O2/c16-11-10(14-12(17)15-11)13-8-4-7-9-5-2-1-3-6-9/h1-7,10,13H,8H2,(H2,14,15,16,17)/b7-4+. The SMILES string of the molecule is O=C1NC(=O)C(NC/C=C/c2ccccc2)N1. The van der Waals surface area contributed by atoms with Gasteiger partial charge in [-0.2, -0.15) is 0 Å². The van der Waals surface area contributed by atoms with E-state index in [-0.39, 0.29) is 5.91 Å². The zero-order valence-corrected chi connectivity index (χ0v) is 9.14. The average Bonchev–Trinajstić information content (AvgIpc) is 2.65. The van der Waals surface area contributed by atoms with Crippen molar-refractivity contribution in [3.05, 3.63) is 42.0 Å². The molecule has 1 aromatic carbocycles. The van der Waals surface area contributed by atoms with Gasteiger partial charge in [-0.1, -0.05) is 42.5 Å². The van der Waals surface area contributed by atoms with E-state index in [1.165, 1.54) is 0 Å². The van der Waals surface area contributed by atoms with Gasteiger partial charge in [0.05, 0.1) is 0 Å². The molecule has 1 unspecified atom stereocenters. The quantitative estimate of drug-likeness (QED) is 0.659. The predicted molar refractivity (Wildman–Crippen MR) is 63.9 cm³/mol. The molecule has 0 radical (unpaired) electrons. The van der Waals surface area contributed by atoms with Crippen molar-refractivity contribution in [2.24, 2.45) is 0 Å². The minimum atomic E-state index is -0.636. The summed E-state index contributed by atoms with van der Waals surface area (Å²) in [5.74, 6) is -0.344. The number of hydrogen-bond acceptors (Lipinski definition) is 3. The van der Waals surface area contributed by atoms with E-state index >= 15 is 0 Å². The summed E-state index contributed by atoms with van der Waals surface area (Å²) in [5.41, 5.74) is 1.09. The summed E-state index contributed by atoms with van der Waals surface area (Å²) in [6.45, 7) is 0.507. The molecule has 5 nitrogen and oxygen atoms in total. The van der Waals surface area contributed by atoms with Crippen LogP contribution in [0.4, 0.5) is 4.79 Å². The van der Waals surface area contributed by atoms with Crippen LogP contribution >= 0.6 is 0 Å². The minimum absolute atomic E-state index is 0.344. The molecule has 0 spiro atoms. The number of carbonyl (C=O) groups is 2. The lowest BCUT2D eigenvalue weighted by molar-refractivity contribution is -0.120. The Morgan fingerprint density at radius 3 is 2.65 bits per heavy atom. The Balaban J connectivity index is 1.78. The fourth-order valence-electron chi connectivity index (χ4n) is 1.51. The molecule has 1 heterocycles. The van der Waals surface area contributed by atoms with Gasteiger partial charge < -0.3 is 5.32 Å². The molecular formula is C12H13N3O2. The highest BCUT2D eigenvalue weighted by atomic mass is 16.2. The van der Waals surface area contributed by atoms with Crippen molar-refractivity contribution in [3.63, 3.8) is 0 Å². The van der Waals surface area contributed by atoms with E-state index in [1.807, 2.05) is 42.5 Å². The molecule has 0 aromatic heterocycles. The molecule has 17 heavy (non-hydrogen) atoms. The average molecular weight is 231 g/mol. The summed E-state index contributed by atoms with van der Waals surface area (Å²) in [5, 5.41) is 7.51. The molecule has 88 valence electrons. The van der Waals surface area contributed by atoms with Gasteiger partial charge in [-0.3, -0.25) is 15.4 Å². The van der Waals surface area contributed by atoms with Crippen molar-refractivity contribution in [2.75, 3.05) is 6.54 Å². The summed E-state index contributed by atoms with van der Waals surface area (Å²) < 4.78 is 0. The van der Waals surface area contributed by atoms with Crippen LogP contribution in [-0.4, -0.2) is 24.6 Å². The van der Waals surface area contributed by atoms with Gasteiger partial charge in [0.1, 0.15) is 0 Å². The smallest absolute Gasteiger partial charge is 0.314 e. The first kappa shape index (κ1) is 11.3. The van der Waals surface area contributed by atoms with Crippen molar-refractivity contribution >= 4 is 18.0 Å². The summed E-state index contributed by atoms with van der Waals surface area (Å²) >= 11 is 0. The third-order valence-electron chi connectivity index (χ3n) is 2.32. The van der Waals surface area contributed by atoms with E-state index < -0.39 is 12.2 Å². The summed E-state index contributed by atoms with van der Waals surface area (Å²) in [4.78, 5) is 22.0. The van der Waals surface area contributed by atoms with E-state index in [9.17, 15) is 9.59 Å². The molecule has 3 N–H and O–H groups in total. The minimum Gasteiger partial charge on any atom is -0.314 e. The van der Waals surface area contributed by atoms with Crippen LogP contribution in [0.5, 0.6) is 0 Å². The van der Waals surface area contributed by atoms with Gasteiger partial charge in [0.25, 0.3) is 5.91 Å². The summed E-state index contributed by atoms with van der Waals surface area (Å²) in [7, 11) is 0. The maximum absolute atomic E-state index is 11.2. The van der Waals surface area contributed by atoms with E-state index in [0.29, 0.717) is 6.54 Å². The Kier molecular flexibility index (Phi) is 3.52. The third-order valence-corrected chi connectivity index (χ3v) is 2.32. The van der Waals surface area contributed by atoms with Crippen LogP contribution in [0.2, 0.25) is 0 Å². The van der Waals surface area contributed by atoms with Gasteiger partial charge in [-0.15, -0.1) is 0 Å². The highest BCUT2D eigenvalue weighted by Crippen LogP contribution is 2.00. The molecular weight excluding hydrogens is 218 g/mol. The van der Waals surface area contributed by atoms with Crippen molar-refractivity contribution in [1.29, 1.82) is 0 Å². The zero-order chi connectivity index (χ0) is 12.1. The van der Waals surface area contributed by atoms with Crippen LogP contribution in [0.1, 0.15) is 5.56 Å². The lowest BCUT2D eigenvalue weighted by Gasteiger charge is -2.06. The van der Waals surface area contributed by atoms with E-state index in [1.54, 1.807) is 0 Å². The number of rotatable bonds is 4. The summed E-state index contributed by atoms with van der Waals surface area (Å²) in [6, 6.07) is 9.38. The second kappa shape index (κ2) is 5.27. The van der Waals surface area contributed by atoms with Gasteiger partial charge in [0.15, 0.2) is 6.17 Å². The second-order valence-electron chi connectivity index (χ2n) is 3.62. The van der Waals surface area contributed by atoms with E-state index in [0.717, 1.165) is 5.56 Å². The molecule has 1 aromatic rings. The Bertz CT molecular complexity index is 442. The van der Waals surface area contributed by atoms with Crippen LogP contribution < -0.4 is 16.0 Å². The molecule has 3 amide bonds. The van der Waals surface area contributed by atoms with Crippen LogP contribution in [0, 0.1) is 0 Å². The van der Waals surface area contributed by atoms with Gasteiger partial charge in [-0.05, 0) is 5.56 Å². The molecule has 0 aliphatic carbocycles. The van der Waals surface area contributed by atoms with Gasteiger partial charge in [0.2, 0.25) is 0 Å². The number of imide groups is 1. The lowest BCUT2D eigenvalue weighted by Crippen LogP contribution is -2.43. The number of carbonyl (C=O) groups excluding carboxylic acids is 2. The number of urea groups is 1. The number of nitrogens with one attached hydrogen (secondary N) is 3. The lowest BCUT2D eigenvalue weighted by atomic mass is 10.2. The first-order valence-corrected chi connectivity index (χ1v) is 5.32. The molecule has 2 rings (SSSR count). The van der Waals surface area contributed by atoms with Crippen LogP contribution in [-0.2, 0) is 4.79 Å². The highest BCUT2D eigenvalue weighted by Gasteiger charge is 2.28. The Labute approximate surface area is 98.9 Å². The molecule has 0 saturated carbocycles. The number of amides is 3. The second-order valence-corrected chi connectivity index (χ2v) is 3.62. The first-order valence-electron chi connectivity index (χ1n) is 5.32. The first-order chi connectivity index (χ1) is 8.25. The maximum Gasteiger partial charge on any atom is 0.323 e. The van der Waals surface area contributed by atoms with Crippen molar-refractivity contribution in [3.8, 4) is 0 Å². The van der Waals surface area contributed by atoms with Crippen LogP contribution in [0.3, 0.4) is 0 Å². The monoisotopic (exact) mass is 231 g/mol. The van der Waals surface area contributed by atoms with E-state index in [4.69, 9.17) is 0 Å². The topological polar surface area (TPSA) is 70.2 Å². The molecule has 1 aliphatic rings. The zero-order valence-electron chi connectivity index (χ0n) is 9.14. The maximum atomic E-state index is 11.2. The molecule has 0 bridgehead atoms. The molecule has 1 aliphatic heterocycles. The third kappa shape index (κ3) is 3.15. The van der Waals surface area contributed by atoms with Crippen LogP contribution in [0.25, 0.3) is 6.08 Å². The summed E-state index contributed by atoms with van der Waals surface area (Å²) in [6.07, 6.45) is 3.21. The van der Waals surface area contributed by atoms with E-state index in [2.05, 4.69) is 16.0 Å². The van der Waals surface area contributed by atoms with Gasteiger partial charge in [-0.25, -0.2) is 4.79 Å². The normalized spacial score (nSPS) is 19.4. The number of benzene rings is 1. The fraction of sp³-hybridized carbons (Fsp3) is 0.167. The largest absolute Gasteiger partial charge is 0.323 e. The fourth-order valence-corrected chi connectivity index (χ4v) is 1.51. The van der Waals surface area contributed by atoms with Crippen molar-refractivity contribution in [1.82, 2.24) is 16.0 Å². The number of hydrogen-bond donors (Lipinski definition) is 3. The molecule has 1 saturated heterocycles. The Morgan fingerprint density at radius 1 is 1.24 bits per heavy atom.